The van der Waals surface area contributed by atoms with Gasteiger partial charge in [-0.1, -0.05) is 6.08 Å². The molecule has 1 heterocycles. The summed E-state index contributed by atoms with van der Waals surface area (Å²) in [6.07, 6.45) is 5.80. The van der Waals surface area contributed by atoms with Crippen molar-refractivity contribution in [1.82, 2.24) is 4.90 Å². The van der Waals surface area contributed by atoms with Crippen LogP contribution in [0.25, 0.3) is 0 Å². The van der Waals surface area contributed by atoms with Crippen LogP contribution in [0.3, 0.4) is 0 Å². The number of hydrogen-bond donors (Lipinski definition) is 1. The summed E-state index contributed by atoms with van der Waals surface area (Å²) in [5.74, 6) is 0.751. The summed E-state index contributed by atoms with van der Waals surface area (Å²) < 4.78 is 0. The average molecular weight is 196 g/mol. The van der Waals surface area contributed by atoms with E-state index >= 15 is 0 Å². The van der Waals surface area contributed by atoms with Gasteiger partial charge in [-0.15, -0.1) is 6.58 Å². The number of likely N-dealkylation sites (tertiary alicyclic amines) is 1. The van der Waals surface area contributed by atoms with Crippen LogP contribution in [0.15, 0.2) is 12.7 Å². The lowest BCUT2D eigenvalue weighted by Gasteiger charge is -2.48. The molecule has 2 heteroatoms. The van der Waals surface area contributed by atoms with Gasteiger partial charge >= 0.3 is 0 Å². The molecule has 0 aromatic rings. The number of piperidine rings is 1. The summed E-state index contributed by atoms with van der Waals surface area (Å²) in [6.45, 7) is 11.5. The Hall–Kier alpha value is -0.340. The lowest BCUT2D eigenvalue weighted by molar-refractivity contribution is 0.0290. The first kappa shape index (κ1) is 11.7. The van der Waals surface area contributed by atoms with Crippen LogP contribution in [0, 0.1) is 5.92 Å². The fourth-order valence-corrected chi connectivity index (χ4v) is 2.61. The van der Waals surface area contributed by atoms with Gasteiger partial charge in [-0.05, 0) is 52.1 Å². The van der Waals surface area contributed by atoms with E-state index in [0.29, 0.717) is 5.54 Å². The maximum atomic E-state index is 5.66. The van der Waals surface area contributed by atoms with Gasteiger partial charge in [0.1, 0.15) is 0 Å². The second kappa shape index (κ2) is 4.94. The zero-order valence-electron chi connectivity index (χ0n) is 9.63. The van der Waals surface area contributed by atoms with Crippen LogP contribution in [0.2, 0.25) is 0 Å². The minimum absolute atomic E-state index is 0.297. The van der Waals surface area contributed by atoms with E-state index in [9.17, 15) is 0 Å². The Balaban J connectivity index is 2.65. The van der Waals surface area contributed by atoms with E-state index in [4.69, 9.17) is 5.73 Å². The van der Waals surface area contributed by atoms with E-state index in [1.807, 2.05) is 6.08 Å². The van der Waals surface area contributed by atoms with Crippen molar-refractivity contribution >= 4 is 0 Å². The molecule has 0 aromatic heterocycles. The van der Waals surface area contributed by atoms with Crippen LogP contribution in [0.4, 0.5) is 0 Å². The highest BCUT2D eigenvalue weighted by Gasteiger charge is 2.36. The quantitative estimate of drug-likeness (QED) is 0.697. The summed E-state index contributed by atoms with van der Waals surface area (Å²) >= 11 is 0. The molecule has 2 nitrogen and oxygen atoms in total. The Morgan fingerprint density at radius 2 is 2.29 bits per heavy atom. The van der Waals surface area contributed by atoms with Crippen molar-refractivity contribution in [3.8, 4) is 0 Å². The molecule has 82 valence electrons. The summed E-state index contributed by atoms with van der Waals surface area (Å²) in [4.78, 5) is 2.53. The van der Waals surface area contributed by atoms with Crippen molar-refractivity contribution in [3.05, 3.63) is 12.7 Å². The Morgan fingerprint density at radius 3 is 2.86 bits per heavy atom. The normalized spacial score (nSPS) is 27.5. The first-order chi connectivity index (χ1) is 6.62. The lowest BCUT2D eigenvalue weighted by Crippen LogP contribution is -2.53. The number of rotatable bonds is 4. The third kappa shape index (κ3) is 2.37. The second-order valence-electron chi connectivity index (χ2n) is 4.80. The Labute approximate surface area is 88.2 Å². The molecule has 1 atom stereocenters. The van der Waals surface area contributed by atoms with Gasteiger partial charge in [0.25, 0.3) is 0 Å². The SMILES string of the molecule is C=CCN1CCCC(CCN)C1(C)C. The molecule has 1 unspecified atom stereocenters. The maximum Gasteiger partial charge on any atom is 0.0185 e. The van der Waals surface area contributed by atoms with Crippen LogP contribution in [-0.4, -0.2) is 30.1 Å². The van der Waals surface area contributed by atoms with Crippen LogP contribution >= 0.6 is 0 Å². The highest BCUT2D eigenvalue weighted by atomic mass is 15.2. The smallest absolute Gasteiger partial charge is 0.0185 e. The van der Waals surface area contributed by atoms with Crippen molar-refractivity contribution < 1.29 is 0 Å². The van der Waals surface area contributed by atoms with Crippen LogP contribution in [0.1, 0.15) is 33.1 Å². The molecule has 0 amide bonds. The molecule has 0 saturated carbocycles. The second-order valence-corrected chi connectivity index (χ2v) is 4.80. The number of hydrogen-bond acceptors (Lipinski definition) is 2. The number of nitrogens with two attached hydrogens (primary N) is 1. The minimum atomic E-state index is 0.297. The van der Waals surface area contributed by atoms with E-state index in [2.05, 4.69) is 25.3 Å². The molecule has 0 spiro atoms. The molecule has 1 rings (SSSR count). The lowest BCUT2D eigenvalue weighted by atomic mass is 9.77. The van der Waals surface area contributed by atoms with E-state index in [1.54, 1.807) is 0 Å². The van der Waals surface area contributed by atoms with Gasteiger partial charge in [-0.3, -0.25) is 4.90 Å². The molecule has 0 bridgehead atoms. The highest BCUT2D eigenvalue weighted by Crippen LogP contribution is 2.34. The van der Waals surface area contributed by atoms with Gasteiger partial charge < -0.3 is 5.73 Å². The Kier molecular flexibility index (Phi) is 4.14. The summed E-state index contributed by atoms with van der Waals surface area (Å²) in [6, 6.07) is 0. The molecule has 1 aliphatic heterocycles. The molecular weight excluding hydrogens is 172 g/mol. The summed E-state index contributed by atoms with van der Waals surface area (Å²) in [7, 11) is 0. The van der Waals surface area contributed by atoms with E-state index in [1.165, 1.54) is 19.4 Å². The van der Waals surface area contributed by atoms with E-state index in [-0.39, 0.29) is 0 Å². The molecule has 0 aromatic carbocycles. The molecule has 1 fully saturated rings. The van der Waals surface area contributed by atoms with Crippen LogP contribution in [-0.2, 0) is 0 Å². The van der Waals surface area contributed by atoms with Crippen LogP contribution in [0.5, 0.6) is 0 Å². The largest absolute Gasteiger partial charge is 0.330 e. The van der Waals surface area contributed by atoms with Crippen molar-refractivity contribution in [2.24, 2.45) is 11.7 Å². The fourth-order valence-electron chi connectivity index (χ4n) is 2.61. The zero-order chi connectivity index (χ0) is 10.6. The van der Waals surface area contributed by atoms with Gasteiger partial charge in [0.05, 0.1) is 0 Å². The number of nitrogens with zero attached hydrogens (tertiary/aromatic N) is 1. The van der Waals surface area contributed by atoms with Gasteiger partial charge in [0.15, 0.2) is 0 Å². The fraction of sp³-hybridized carbons (Fsp3) is 0.833. The molecule has 0 aliphatic carbocycles. The van der Waals surface area contributed by atoms with E-state index < -0.39 is 0 Å². The minimum Gasteiger partial charge on any atom is -0.330 e. The van der Waals surface area contributed by atoms with Crippen molar-refractivity contribution in [1.29, 1.82) is 0 Å². The van der Waals surface area contributed by atoms with Crippen molar-refractivity contribution in [2.75, 3.05) is 19.6 Å². The topological polar surface area (TPSA) is 29.3 Å². The van der Waals surface area contributed by atoms with E-state index in [0.717, 1.165) is 25.4 Å². The predicted molar refractivity (Wildman–Crippen MR) is 62.2 cm³/mol. The molecule has 14 heavy (non-hydrogen) atoms. The molecule has 1 saturated heterocycles. The highest BCUT2D eigenvalue weighted by molar-refractivity contribution is 4.94. The summed E-state index contributed by atoms with van der Waals surface area (Å²) in [5.41, 5.74) is 5.96. The Morgan fingerprint density at radius 1 is 1.57 bits per heavy atom. The third-order valence-corrected chi connectivity index (χ3v) is 3.66. The maximum absolute atomic E-state index is 5.66. The van der Waals surface area contributed by atoms with Crippen molar-refractivity contribution in [2.45, 2.75) is 38.6 Å². The molecular formula is C12H24N2. The predicted octanol–water partition coefficient (Wildman–Crippen LogP) is 2.01. The average Bonchev–Trinajstić information content (AvgIpc) is 2.13. The monoisotopic (exact) mass is 196 g/mol. The van der Waals surface area contributed by atoms with Crippen LogP contribution < -0.4 is 5.73 Å². The van der Waals surface area contributed by atoms with Gasteiger partial charge in [0, 0.05) is 12.1 Å². The summed E-state index contributed by atoms with van der Waals surface area (Å²) in [5, 5.41) is 0. The standard InChI is InChI=1S/C12H24N2/c1-4-9-14-10-5-6-11(7-8-13)12(14,2)3/h4,11H,1,5-10,13H2,2-3H3. The third-order valence-electron chi connectivity index (χ3n) is 3.66. The van der Waals surface area contributed by atoms with Gasteiger partial charge in [-0.2, -0.15) is 0 Å². The van der Waals surface area contributed by atoms with Gasteiger partial charge in [-0.25, -0.2) is 0 Å². The molecule has 0 radical (unpaired) electrons. The first-order valence-electron chi connectivity index (χ1n) is 5.69. The Bertz CT molecular complexity index is 185. The molecule has 2 N–H and O–H groups in total. The zero-order valence-corrected chi connectivity index (χ0v) is 9.63. The molecule has 1 aliphatic rings. The van der Waals surface area contributed by atoms with Crippen molar-refractivity contribution in [3.63, 3.8) is 0 Å². The van der Waals surface area contributed by atoms with Gasteiger partial charge in [0.2, 0.25) is 0 Å². The first-order valence-corrected chi connectivity index (χ1v) is 5.69.